The van der Waals surface area contributed by atoms with E-state index in [-0.39, 0.29) is 0 Å². The normalized spacial score (nSPS) is 11.0. The van der Waals surface area contributed by atoms with Crippen LogP contribution in [0.25, 0.3) is 33.3 Å². The van der Waals surface area contributed by atoms with Gasteiger partial charge in [-0.1, -0.05) is 24.3 Å². The summed E-state index contributed by atoms with van der Waals surface area (Å²) in [6.07, 6.45) is 4.11. The molecule has 122 valence electrons. The van der Waals surface area contributed by atoms with Gasteiger partial charge in [-0.3, -0.25) is 4.79 Å². The first-order valence-corrected chi connectivity index (χ1v) is 7.64. The lowest BCUT2D eigenvalue weighted by Crippen LogP contribution is -1.89. The summed E-state index contributed by atoms with van der Waals surface area (Å²) >= 11 is 0. The fraction of sp³-hybridized carbons (Fsp3) is 0. The summed E-state index contributed by atoms with van der Waals surface area (Å²) < 4.78 is 27.3. The lowest BCUT2D eigenvalue weighted by atomic mass is 9.95. The lowest BCUT2D eigenvalue weighted by Gasteiger charge is -2.08. The minimum atomic E-state index is -0.648. The van der Waals surface area contributed by atoms with Gasteiger partial charge in [0.15, 0.2) is 6.29 Å². The zero-order chi connectivity index (χ0) is 17.4. The van der Waals surface area contributed by atoms with Crippen LogP contribution in [0.5, 0.6) is 0 Å². The third-order valence-corrected chi connectivity index (χ3v) is 4.13. The summed E-state index contributed by atoms with van der Waals surface area (Å²) in [6, 6.07) is 12.3. The van der Waals surface area contributed by atoms with Crippen LogP contribution in [0.3, 0.4) is 0 Å². The number of rotatable bonds is 3. The third kappa shape index (κ3) is 2.59. The number of pyridine rings is 1. The number of carbonyl (C=O) groups excluding carboxylic acids is 1. The van der Waals surface area contributed by atoms with Crippen molar-refractivity contribution in [3.05, 3.63) is 78.1 Å². The molecule has 25 heavy (non-hydrogen) atoms. The number of hydrogen-bond acceptors (Lipinski definition) is 2. The number of benzene rings is 2. The SMILES string of the molecule is O=Cc1ccccc1-c1c[nH]c2nccc(-c3cc(F)cc(F)c3)c12. The van der Waals surface area contributed by atoms with Crippen LogP contribution in [0.1, 0.15) is 10.4 Å². The fourth-order valence-electron chi connectivity index (χ4n) is 3.06. The summed E-state index contributed by atoms with van der Waals surface area (Å²) in [7, 11) is 0. The van der Waals surface area contributed by atoms with Gasteiger partial charge >= 0.3 is 0 Å². The Hall–Kier alpha value is -3.34. The molecule has 0 saturated carbocycles. The monoisotopic (exact) mass is 334 g/mol. The number of aromatic nitrogens is 2. The zero-order valence-corrected chi connectivity index (χ0v) is 13.0. The second kappa shape index (κ2) is 5.94. The van der Waals surface area contributed by atoms with Gasteiger partial charge in [-0.15, -0.1) is 0 Å². The second-order valence-corrected chi connectivity index (χ2v) is 5.65. The number of nitrogens with zero attached hydrogens (tertiary/aromatic N) is 1. The van der Waals surface area contributed by atoms with Crippen molar-refractivity contribution in [1.82, 2.24) is 9.97 Å². The van der Waals surface area contributed by atoms with E-state index in [1.54, 1.807) is 30.6 Å². The number of halogens is 2. The van der Waals surface area contributed by atoms with Gasteiger partial charge in [-0.25, -0.2) is 13.8 Å². The van der Waals surface area contributed by atoms with E-state index in [1.165, 1.54) is 12.1 Å². The van der Waals surface area contributed by atoms with E-state index in [0.29, 0.717) is 27.7 Å². The first-order chi connectivity index (χ1) is 12.2. The van der Waals surface area contributed by atoms with E-state index >= 15 is 0 Å². The molecule has 0 fully saturated rings. The molecule has 0 aliphatic heterocycles. The predicted octanol–water partition coefficient (Wildman–Crippen LogP) is 4.99. The maximum Gasteiger partial charge on any atom is 0.150 e. The van der Waals surface area contributed by atoms with Gasteiger partial charge < -0.3 is 4.98 Å². The van der Waals surface area contributed by atoms with Gasteiger partial charge in [-0.2, -0.15) is 0 Å². The van der Waals surface area contributed by atoms with Gasteiger partial charge in [0.05, 0.1) is 0 Å². The first-order valence-electron chi connectivity index (χ1n) is 7.64. The summed E-state index contributed by atoms with van der Waals surface area (Å²) in [6.45, 7) is 0. The number of hydrogen-bond donors (Lipinski definition) is 1. The van der Waals surface area contributed by atoms with Crippen molar-refractivity contribution >= 4 is 17.3 Å². The highest BCUT2D eigenvalue weighted by molar-refractivity contribution is 6.06. The summed E-state index contributed by atoms with van der Waals surface area (Å²) in [5.41, 5.74) is 3.65. The Morgan fingerprint density at radius 3 is 2.44 bits per heavy atom. The van der Waals surface area contributed by atoms with Crippen molar-refractivity contribution in [2.24, 2.45) is 0 Å². The molecule has 2 heterocycles. The molecule has 5 heteroatoms. The van der Waals surface area contributed by atoms with Crippen LogP contribution < -0.4 is 0 Å². The number of carbonyl (C=O) groups is 1. The highest BCUT2D eigenvalue weighted by Crippen LogP contribution is 2.36. The number of aldehydes is 1. The van der Waals surface area contributed by atoms with Crippen molar-refractivity contribution in [3.63, 3.8) is 0 Å². The Labute approximate surface area is 142 Å². The second-order valence-electron chi connectivity index (χ2n) is 5.65. The van der Waals surface area contributed by atoms with Crippen LogP contribution in [0.4, 0.5) is 8.78 Å². The number of nitrogens with one attached hydrogen (secondary N) is 1. The molecule has 0 amide bonds. The maximum atomic E-state index is 13.7. The van der Waals surface area contributed by atoms with E-state index in [1.807, 2.05) is 12.1 Å². The van der Waals surface area contributed by atoms with Crippen molar-refractivity contribution in [1.29, 1.82) is 0 Å². The highest BCUT2D eigenvalue weighted by atomic mass is 19.1. The molecule has 0 bridgehead atoms. The van der Waals surface area contributed by atoms with Gasteiger partial charge in [0.25, 0.3) is 0 Å². The van der Waals surface area contributed by atoms with E-state index in [2.05, 4.69) is 9.97 Å². The van der Waals surface area contributed by atoms with E-state index in [4.69, 9.17) is 0 Å². The molecule has 0 spiro atoms. The standard InChI is InChI=1S/C20H12F2N2O/c21-14-7-13(8-15(22)9-14)17-5-6-23-20-19(17)18(10-24-20)16-4-2-1-3-12(16)11-25/h1-11H,(H,23,24). The molecule has 3 nitrogen and oxygen atoms in total. The quantitative estimate of drug-likeness (QED) is 0.537. The third-order valence-electron chi connectivity index (χ3n) is 4.13. The van der Waals surface area contributed by atoms with Gasteiger partial charge in [-0.05, 0) is 34.9 Å². The Kier molecular flexibility index (Phi) is 3.61. The maximum absolute atomic E-state index is 13.7. The first kappa shape index (κ1) is 15.2. The molecule has 0 saturated heterocycles. The van der Waals surface area contributed by atoms with Crippen LogP contribution in [0.15, 0.2) is 60.9 Å². The van der Waals surface area contributed by atoms with Crippen LogP contribution >= 0.6 is 0 Å². The molecule has 1 N–H and O–H groups in total. The lowest BCUT2D eigenvalue weighted by molar-refractivity contribution is 0.112. The summed E-state index contributed by atoms with van der Waals surface area (Å²) in [4.78, 5) is 18.7. The Morgan fingerprint density at radius 1 is 0.920 bits per heavy atom. The number of H-pyrrole nitrogens is 1. The smallest absolute Gasteiger partial charge is 0.150 e. The van der Waals surface area contributed by atoms with Gasteiger partial charge in [0, 0.05) is 35.0 Å². The molecule has 0 aliphatic rings. The molecular formula is C20H12F2N2O. The van der Waals surface area contributed by atoms with Gasteiger partial charge in [0.2, 0.25) is 0 Å². The molecule has 0 atom stereocenters. The molecule has 2 aromatic heterocycles. The fourth-order valence-corrected chi connectivity index (χ4v) is 3.06. The average molecular weight is 334 g/mol. The van der Waals surface area contributed by atoms with Crippen molar-refractivity contribution in [2.45, 2.75) is 0 Å². The Morgan fingerprint density at radius 2 is 1.68 bits per heavy atom. The van der Waals surface area contributed by atoms with Crippen molar-refractivity contribution in [2.75, 3.05) is 0 Å². The molecule has 4 rings (SSSR count). The van der Waals surface area contributed by atoms with E-state index < -0.39 is 11.6 Å². The Bertz CT molecular complexity index is 1080. The molecule has 0 unspecified atom stereocenters. The molecule has 2 aromatic carbocycles. The van der Waals surface area contributed by atoms with Crippen LogP contribution in [-0.2, 0) is 0 Å². The minimum Gasteiger partial charge on any atom is -0.345 e. The van der Waals surface area contributed by atoms with Gasteiger partial charge in [0.1, 0.15) is 17.3 Å². The average Bonchev–Trinajstić information content (AvgIpc) is 3.04. The van der Waals surface area contributed by atoms with Crippen LogP contribution in [-0.4, -0.2) is 16.3 Å². The molecular weight excluding hydrogens is 322 g/mol. The van der Waals surface area contributed by atoms with Crippen molar-refractivity contribution in [3.8, 4) is 22.3 Å². The van der Waals surface area contributed by atoms with E-state index in [0.717, 1.165) is 23.5 Å². The number of fused-ring (bicyclic) bond motifs is 1. The summed E-state index contributed by atoms with van der Waals surface area (Å²) in [5.74, 6) is -1.30. The largest absolute Gasteiger partial charge is 0.345 e. The minimum absolute atomic E-state index is 0.411. The zero-order valence-electron chi connectivity index (χ0n) is 13.0. The highest BCUT2D eigenvalue weighted by Gasteiger charge is 2.15. The molecule has 4 aromatic rings. The topological polar surface area (TPSA) is 45.8 Å². The van der Waals surface area contributed by atoms with Crippen LogP contribution in [0.2, 0.25) is 0 Å². The number of aromatic amines is 1. The summed E-state index contributed by atoms with van der Waals surface area (Å²) in [5, 5.41) is 0.710. The molecule has 0 aliphatic carbocycles. The predicted molar refractivity (Wildman–Crippen MR) is 92.3 cm³/mol. The van der Waals surface area contributed by atoms with Crippen molar-refractivity contribution < 1.29 is 13.6 Å². The molecule has 0 radical (unpaired) electrons. The Balaban J connectivity index is 2.04. The van der Waals surface area contributed by atoms with E-state index in [9.17, 15) is 13.6 Å². The van der Waals surface area contributed by atoms with Crippen LogP contribution in [0, 0.1) is 11.6 Å².